The Morgan fingerprint density at radius 2 is 1.22 bits per heavy atom. The predicted octanol–water partition coefficient (Wildman–Crippen LogP) is 7.51. The molecule has 6 aliphatic heterocycles. The third kappa shape index (κ3) is 8.30. The molecule has 2 amide bonds. The van der Waals surface area contributed by atoms with Crippen LogP contribution in [0, 0.1) is 11.8 Å². The molecule has 8 nitrogen and oxygen atoms in total. The standard InChI is InChI=1S/C19H22N2O2S.C18H26N2O2/c22-19(23-18-14-20-10-8-15(18)9-11-20)21(13-17-7-4-12-24-17)16-5-2-1-3-6-16;1-2-3-11-20(16-7-5-4-6-8-16)18(21)22-17-14-19-12-9-15(17)10-13-19/h1-7,12,15,18H,8-11,13-14H2;4-8,15,17H,2-3,9-14H2,1H3/t18-;17-/m00/s1. The van der Waals surface area contributed by atoms with Crippen molar-refractivity contribution in [1.29, 1.82) is 0 Å². The summed E-state index contributed by atoms with van der Waals surface area (Å²) in [4.78, 5) is 35.1. The number of carbonyl (C=O) groups excluding carboxylic acids is 2. The number of nitrogens with zero attached hydrogens (tertiary/aromatic N) is 4. The van der Waals surface area contributed by atoms with Crippen LogP contribution in [0.2, 0.25) is 0 Å². The lowest BCUT2D eigenvalue weighted by Gasteiger charge is -2.44. The van der Waals surface area contributed by atoms with Crippen molar-refractivity contribution in [2.45, 2.75) is 64.2 Å². The SMILES string of the molecule is CCCCN(C(=O)O[C@H]1CN2CCC1CC2)c1ccccc1.O=C(O[C@H]1CN2CCC1CC2)N(Cc1cccs1)c1ccccc1. The molecule has 9 heteroatoms. The maximum atomic E-state index is 12.9. The summed E-state index contributed by atoms with van der Waals surface area (Å²) < 4.78 is 11.8. The molecule has 9 rings (SSSR count). The zero-order valence-corrected chi connectivity index (χ0v) is 27.9. The van der Waals surface area contributed by atoms with Gasteiger partial charge in [0, 0.05) is 35.9 Å². The first-order valence-electron chi connectivity index (χ1n) is 17.1. The van der Waals surface area contributed by atoms with Crippen molar-refractivity contribution in [3.63, 3.8) is 0 Å². The third-order valence-corrected chi connectivity index (χ3v) is 10.8. The number of rotatable bonds is 9. The third-order valence-electron chi connectivity index (χ3n) is 9.90. The summed E-state index contributed by atoms with van der Waals surface area (Å²) >= 11 is 1.66. The van der Waals surface area contributed by atoms with Crippen LogP contribution in [-0.2, 0) is 16.0 Å². The number of thiophene rings is 1. The second-order valence-electron chi connectivity index (χ2n) is 13.0. The van der Waals surface area contributed by atoms with Crippen molar-refractivity contribution in [1.82, 2.24) is 9.80 Å². The minimum Gasteiger partial charge on any atom is -0.444 e. The van der Waals surface area contributed by atoms with Gasteiger partial charge in [-0.05, 0) is 106 Å². The van der Waals surface area contributed by atoms with Crippen molar-refractivity contribution < 1.29 is 19.1 Å². The Morgan fingerprint density at radius 1 is 0.717 bits per heavy atom. The highest BCUT2D eigenvalue weighted by Crippen LogP contribution is 2.32. The normalized spacial score (nSPS) is 26.0. The van der Waals surface area contributed by atoms with Crippen LogP contribution in [0.1, 0.15) is 50.3 Å². The van der Waals surface area contributed by atoms with Gasteiger partial charge >= 0.3 is 12.2 Å². The molecule has 4 bridgehead atoms. The highest BCUT2D eigenvalue weighted by atomic mass is 32.1. The van der Waals surface area contributed by atoms with Crippen molar-refractivity contribution in [2.75, 3.05) is 55.6 Å². The van der Waals surface area contributed by atoms with Crippen LogP contribution in [-0.4, -0.2) is 80.0 Å². The van der Waals surface area contributed by atoms with Crippen molar-refractivity contribution in [3.8, 4) is 0 Å². The number of unbranched alkanes of at least 4 members (excludes halogenated alkanes) is 1. The van der Waals surface area contributed by atoms with Crippen LogP contribution < -0.4 is 9.80 Å². The number of amides is 2. The van der Waals surface area contributed by atoms with Crippen molar-refractivity contribution in [2.24, 2.45) is 11.8 Å². The summed E-state index contributed by atoms with van der Waals surface area (Å²) in [6, 6.07) is 23.7. The van der Waals surface area contributed by atoms with Gasteiger partial charge in [-0.3, -0.25) is 19.6 Å². The molecule has 0 aliphatic carbocycles. The molecule has 2 atom stereocenters. The summed E-state index contributed by atoms with van der Waals surface area (Å²) in [5, 5.41) is 2.04. The lowest BCUT2D eigenvalue weighted by molar-refractivity contribution is -0.0313. The van der Waals surface area contributed by atoms with E-state index in [0.717, 1.165) is 101 Å². The number of ether oxygens (including phenoxy) is 2. The first kappa shape index (κ1) is 32.5. The molecule has 6 aliphatic rings. The Balaban J connectivity index is 0.000000162. The molecule has 2 aromatic carbocycles. The van der Waals surface area contributed by atoms with Crippen LogP contribution >= 0.6 is 11.3 Å². The van der Waals surface area contributed by atoms with Crippen molar-refractivity contribution in [3.05, 3.63) is 83.1 Å². The van der Waals surface area contributed by atoms with E-state index in [1.54, 1.807) is 21.1 Å². The fourth-order valence-corrected chi connectivity index (χ4v) is 7.85. The second-order valence-corrected chi connectivity index (χ2v) is 14.0. The molecular formula is C37H48N4O4S. The van der Waals surface area contributed by atoms with Crippen LogP contribution in [0.25, 0.3) is 0 Å². The number of benzene rings is 2. The summed E-state index contributed by atoms with van der Waals surface area (Å²) in [6.07, 6.45) is 6.38. The van der Waals surface area contributed by atoms with E-state index in [9.17, 15) is 9.59 Å². The Morgan fingerprint density at radius 3 is 1.65 bits per heavy atom. The van der Waals surface area contributed by atoms with E-state index in [1.165, 1.54) is 0 Å². The summed E-state index contributed by atoms with van der Waals surface area (Å²) in [5.41, 5.74) is 1.82. The lowest BCUT2D eigenvalue weighted by atomic mass is 9.86. The highest BCUT2D eigenvalue weighted by Gasteiger charge is 2.38. The number of anilines is 2. The molecule has 1 aromatic heterocycles. The first-order chi connectivity index (χ1) is 22.6. The Kier molecular flexibility index (Phi) is 11.3. The van der Waals surface area contributed by atoms with Gasteiger partial charge in [0.1, 0.15) is 12.2 Å². The number of carbonyl (C=O) groups is 2. The molecule has 6 saturated heterocycles. The summed E-state index contributed by atoms with van der Waals surface area (Å²) in [5.74, 6) is 1.08. The molecule has 0 N–H and O–H groups in total. The predicted molar refractivity (Wildman–Crippen MR) is 185 cm³/mol. The molecule has 0 spiro atoms. The van der Waals surface area contributed by atoms with Gasteiger partial charge in [-0.1, -0.05) is 55.8 Å². The van der Waals surface area contributed by atoms with Gasteiger partial charge < -0.3 is 9.47 Å². The monoisotopic (exact) mass is 644 g/mol. The van der Waals surface area contributed by atoms with Crippen LogP contribution in [0.5, 0.6) is 0 Å². The van der Waals surface area contributed by atoms with Gasteiger partial charge in [0.25, 0.3) is 0 Å². The Labute approximate surface area is 277 Å². The van der Waals surface area contributed by atoms with Crippen molar-refractivity contribution >= 4 is 34.9 Å². The molecule has 246 valence electrons. The summed E-state index contributed by atoms with van der Waals surface area (Å²) in [7, 11) is 0. The zero-order valence-electron chi connectivity index (χ0n) is 27.0. The van der Waals surface area contributed by atoms with E-state index in [4.69, 9.17) is 9.47 Å². The summed E-state index contributed by atoms with van der Waals surface area (Å²) in [6.45, 7) is 9.84. The van der Waals surface area contributed by atoms with E-state index >= 15 is 0 Å². The van der Waals surface area contributed by atoms with Gasteiger partial charge in [0.15, 0.2) is 0 Å². The minimum absolute atomic E-state index is 0.0366. The molecule has 7 heterocycles. The number of hydrogen-bond acceptors (Lipinski definition) is 7. The van der Waals surface area contributed by atoms with E-state index in [-0.39, 0.29) is 24.4 Å². The van der Waals surface area contributed by atoms with E-state index in [2.05, 4.69) is 22.8 Å². The number of hydrogen-bond donors (Lipinski definition) is 0. The fraction of sp³-hybridized carbons (Fsp3) is 0.514. The van der Waals surface area contributed by atoms with Gasteiger partial charge in [0.2, 0.25) is 0 Å². The van der Waals surface area contributed by atoms with Gasteiger partial charge in [-0.15, -0.1) is 11.3 Å². The largest absolute Gasteiger partial charge is 0.444 e. The van der Waals surface area contributed by atoms with Crippen LogP contribution in [0.15, 0.2) is 78.2 Å². The average Bonchev–Trinajstić information content (AvgIpc) is 3.63. The quantitative estimate of drug-likeness (QED) is 0.240. The van der Waals surface area contributed by atoms with Gasteiger partial charge in [0.05, 0.1) is 6.54 Å². The van der Waals surface area contributed by atoms with E-state index in [0.29, 0.717) is 18.4 Å². The molecule has 46 heavy (non-hydrogen) atoms. The maximum Gasteiger partial charge on any atom is 0.414 e. The molecule has 0 radical (unpaired) electrons. The molecule has 0 unspecified atom stereocenters. The molecule has 3 aromatic rings. The maximum absolute atomic E-state index is 12.9. The van der Waals surface area contributed by atoms with E-state index in [1.807, 2.05) is 72.1 Å². The van der Waals surface area contributed by atoms with Gasteiger partial charge in [-0.25, -0.2) is 9.59 Å². The number of fused-ring (bicyclic) bond motifs is 6. The zero-order chi connectivity index (χ0) is 31.7. The highest BCUT2D eigenvalue weighted by molar-refractivity contribution is 7.09. The topological polar surface area (TPSA) is 65.6 Å². The van der Waals surface area contributed by atoms with Crippen LogP contribution in [0.4, 0.5) is 21.0 Å². The number of piperidine rings is 6. The molecule has 0 saturated carbocycles. The fourth-order valence-electron chi connectivity index (χ4n) is 7.15. The Hall–Kier alpha value is -3.40. The Bertz CT molecular complexity index is 1360. The molecule has 6 fully saturated rings. The molecular weight excluding hydrogens is 596 g/mol. The lowest BCUT2D eigenvalue weighted by Crippen LogP contribution is -2.53. The number of para-hydroxylation sites is 2. The first-order valence-corrected chi connectivity index (χ1v) is 18.0. The second kappa shape index (κ2) is 15.9. The average molecular weight is 645 g/mol. The van der Waals surface area contributed by atoms with Crippen LogP contribution in [0.3, 0.4) is 0 Å². The van der Waals surface area contributed by atoms with E-state index < -0.39 is 0 Å². The van der Waals surface area contributed by atoms with Gasteiger partial charge in [-0.2, -0.15) is 0 Å². The minimum atomic E-state index is -0.228. The smallest absolute Gasteiger partial charge is 0.414 e.